The lowest BCUT2D eigenvalue weighted by atomic mass is 10.1. The number of sulfone groups is 1. The normalized spacial score (nSPS) is 11.4. The van der Waals surface area contributed by atoms with Crippen LogP contribution in [0.25, 0.3) is 0 Å². The maximum absolute atomic E-state index is 11.6. The second-order valence-electron chi connectivity index (χ2n) is 3.82. The van der Waals surface area contributed by atoms with Gasteiger partial charge in [0.2, 0.25) is 0 Å². The van der Waals surface area contributed by atoms with Crippen molar-refractivity contribution in [3.05, 3.63) is 29.8 Å². The molecular weight excluding hydrogens is 224 g/mol. The molecule has 88 valence electrons. The number of hydrogen-bond donors (Lipinski definition) is 0. The van der Waals surface area contributed by atoms with Crippen LogP contribution in [0.2, 0.25) is 0 Å². The number of hydrogen-bond acceptors (Lipinski definition) is 3. The quantitative estimate of drug-likeness (QED) is 0.743. The lowest BCUT2D eigenvalue weighted by Gasteiger charge is -2.01. The van der Waals surface area contributed by atoms with E-state index < -0.39 is 9.84 Å². The first-order valence-corrected chi connectivity index (χ1v) is 7.17. The third kappa shape index (κ3) is 3.45. The highest BCUT2D eigenvalue weighted by atomic mass is 32.2. The topological polar surface area (TPSA) is 51.2 Å². The molecule has 0 aliphatic rings. The molecule has 1 rings (SSSR count). The Morgan fingerprint density at radius 1 is 1.19 bits per heavy atom. The van der Waals surface area contributed by atoms with Gasteiger partial charge in [0.25, 0.3) is 0 Å². The van der Waals surface area contributed by atoms with Gasteiger partial charge in [-0.1, -0.05) is 25.5 Å². The lowest BCUT2D eigenvalue weighted by molar-refractivity contribution is 0.0979. The zero-order valence-electron chi connectivity index (χ0n) is 9.56. The van der Waals surface area contributed by atoms with E-state index in [1.165, 1.54) is 12.1 Å². The molecule has 0 unspecified atom stereocenters. The van der Waals surface area contributed by atoms with Gasteiger partial charge in [0.1, 0.15) is 0 Å². The molecular formula is C12H16O3S. The number of ketones is 1. The molecule has 0 aliphatic carbocycles. The highest BCUT2D eigenvalue weighted by molar-refractivity contribution is 7.90. The molecule has 0 heterocycles. The second kappa shape index (κ2) is 5.25. The molecule has 0 saturated carbocycles. The van der Waals surface area contributed by atoms with E-state index in [-0.39, 0.29) is 10.7 Å². The summed E-state index contributed by atoms with van der Waals surface area (Å²) in [5.41, 5.74) is 0.584. The second-order valence-corrected chi connectivity index (χ2v) is 5.84. The highest BCUT2D eigenvalue weighted by Crippen LogP contribution is 2.12. The summed E-state index contributed by atoms with van der Waals surface area (Å²) < 4.78 is 22.4. The van der Waals surface area contributed by atoms with Gasteiger partial charge in [-0.05, 0) is 18.6 Å². The smallest absolute Gasteiger partial charge is 0.175 e. The molecule has 0 saturated heterocycles. The monoisotopic (exact) mass is 240 g/mol. The summed E-state index contributed by atoms with van der Waals surface area (Å²) in [5.74, 6) is 0.0712. The minimum absolute atomic E-state index is 0.0712. The zero-order valence-corrected chi connectivity index (χ0v) is 10.4. The Morgan fingerprint density at radius 2 is 1.75 bits per heavy atom. The van der Waals surface area contributed by atoms with E-state index >= 15 is 0 Å². The molecule has 0 amide bonds. The molecule has 0 N–H and O–H groups in total. The summed E-state index contributed by atoms with van der Waals surface area (Å²) in [5, 5.41) is 0. The molecule has 0 bridgehead atoms. The molecule has 3 nitrogen and oxygen atoms in total. The number of unbranched alkanes of at least 4 members (excludes halogenated alkanes) is 1. The Morgan fingerprint density at radius 3 is 2.19 bits per heavy atom. The van der Waals surface area contributed by atoms with Gasteiger partial charge in [0.05, 0.1) is 4.90 Å². The van der Waals surface area contributed by atoms with E-state index in [2.05, 4.69) is 0 Å². The minimum Gasteiger partial charge on any atom is -0.294 e. The molecule has 0 aromatic heterocycles. The van der Waals surface area contributed by atoms with E-state index in [9.17, 15) is 13.2 Å². The van der Waals surface area contributed by atoms with Crippen molar-refractivity contribution >= 4 is 15.6 Å². The van der Waals surface area contributed by atoms with Crippen LogP contribution >= 0.6 is 0 Å². The lowest BCUT2D eigenvalue weighted by Crippen LogP contribution is -2.01. The van der Waals surface area contributed by atoms with E-state index in [0.29, 0.717) is 12.0 Å². The maximum atomic E-state index is 11.6. The van der Waals surface area contributed by atoms with Crippen LogP contribution in [0.4, 0.5) is 0 Å². The van der Waals surface area contributed by atoms with Crippen molar-refractivity contribution in [3.63, 3.8) is 0 Å². The SMILES string of the molecule is CCCCC(=O)c1ccc(S(C)(=O)=O)cc1. The Bertz CT molecular complexity index is 458. The average Bonchev–Trinajstić information content (AvgIpc) is 2.25. The maximum Gasteiger partial charge on any atom is 0.175 e. The van der Waals surface area contributed by atoms with Gasteiger partial charge in [-0.15, -0.1) is 0 Å². The molecule has 1 aromatic rings. The Hall–Kier alpha value is -1.16. The molecule has 1 aromatic carbocycles. The first-order valence-electron chi connectivity index (χ1n) is 5.28. The number of carbonyl (C=O) groups is 1. The Labute approximate surface area is 96.4 Å². The van der Waals surface area contributed by atoms with Crippen LogP contribution in [0.5, 0.6) is 0 Å². The van der Waals surface area contributed by atoms with Gasteiger partial charge in [-0.25, -0.2) is 8.42 Å². The predicted molar refractivity (Wildman–Crippen MR) is 63.4 cm³/mol. The van der Waals surface area contributed by atoms with Crippen LogP contribution in [0.1, 0.15) is 36.5 Å². The van der Waals surface area contributed by atoms with Gasteiger partial charge >= 0.3 is 0 Å². The van der Waals surface area contributed by atoms with Crippen molar-refractivity contribution in [2.24, 2.45) is 0 Å². The molecule has 0 spiro atoms. The Balaban J connectivity index is 2.83. The standard InChI is InChI=1S/C12H16O3S/c1-3-4-5-12(13)10-6-8-11(9-7-10)16(2,14)15/h6-9H,3-5H2,1-2H3. The van der Waals surface area contributed by atoms with Crippen molar-refractivity contribution in [1.82, 2.24) is 0 Å². The van der Waals surface area contributed by atoms with Crippen LogP contribution in [0, 0.1) is 0 Å². The van der Waals surface area contributed by atoms with Crippen molar-refractivity contribution in [2.45, 2.75) is 31.1 Å². The Kier molecular flexibility index (Phi) is 4.24. The van der Waals surface area contributed by atoms with Crippen LogP contribution in [0.15, 0.2) is 29.2 Å². The highest BCUT2D eigenvalue weighted by Gasteiger charge is 2.09. The number of rotatable bonds is 5. The summed E-state index contributed by atoms with van der Waals surface area (Å²) in [6.45, 7) is 2.03. The van der Waals surface area contributed by atoms with E-state index in [4.69, 9.17) is 0 Å². The average molecular weight is 240 g/mol. The van der Waals surface area contributed by atoms with Crippen molar-refractivity contribution in [2.75, 3.05) is 6.26 Å². The van der Waals surface area contributed by atoms with Crippen LogP contribution in [-0.4, -0.2) is 20.5 Å². The van der Waals surface area contributed by atoms with Crippen LogP contribution < -0.4 is 0 Å². The fraction of sp³-hybridized carbons (Fsp3) is 0.417. The minimum atomic E-state index is -3.17. The molecule has 16 heavy (non-hydrogen) atoms. The van der Waals surface area contributed by atoms with Gasteiger partial charge < -0.3 is 0 Å². The molecule has 0 radical (unpaired) electrons. The summed E-state index contributed by atoms with van der Waals surface area (Å²) in [6, 6.07) is 6.12. The fourth-order valence-electron chi connectivity index (χ4n) is 1.37. The van der Waals surface area contributed by atoms with Crippen LogP contribution in [-0.2, 0) is 9.84 Å². The van der Waals surface area contributed by atoms with Gasteiger partial charge in [-0.2, -0.15) is 0 Å². The molecule has 0 aliphatic heterocycles. The summed E-state index contributed by atoms with van der Waals surface area (Å²) >= 11 is 0. The summed E-state index contributed by atoms with van der Waals surface area (Å²) in [6.07, 6.45) is 3.52. The van der Waals surface area contributed by atoms with E-state index in [0.717, 1.165) is 19.1 Å². The summed E-state index contributed by atoms with van der Waals surface area (Å²) in [4.78, 5) is 11.9. The predicted octanol–water partition coefficient (Wildman–Crippen LogP) is 2.46. The molecule has 0 fully saturated rings. The van der Waals surface area contributed by atoms with Gasteiger partial charge in [0, 0.05) is 18.2 Å². The molecule has 0 atom stereocenters. The third-order valence-electron chi connectivity index (χ3n) is 2.36. The molecule has 4 heteroatoms. The third-order valence-corrected chi connectivity index (χ3v) is 3.49. The largest absolute Gasteiger partial charge is 0.294 e. The number of benzene rings is 1. The van der Waals surface area contributed by atoms with Gasteiger partial charge in [-0.3, -0.25) is 4.79 Å². The number of Topliss-reactive ketones (excluding diaryl/α,β-unsaturated/α-hetero) is 1. The van der Waals surface area contributed by atoms with E-state index in [1.807, 2.05) is 6.92 Å². The zero-order chi connectivity index (χ0) is 12.2. The first-order chi connectivity index (χ1) is 7.45. The van der Waals surface area contributed by atoms with Crippen molar-refractivity contribution in [3.8, 4) is 0 Å². The van der Waals surface area contributed by atoms with E-state index in [1.54, 1.807) is 12.1 Å². The first kappa shape index (κ1) is 12.9. The van der Waals surface area contributed by atoms with Crippen molar-refractivity contribution < 1.29 is 13.2 Å². The number of carbonyl (C=O) groups excluding carboxylic acids is 1. The van der Waals surface area contributed by atoms with Gasteiger partial charge in [0.15, 0.2) is 15.6 Å². The fourth-order valence-corrected chi connectivity index (χ4v) is 2.00. The van der Waals surface area contributed by atoms with Crippen molar-refractivity contribution in [1.29, 1.82) is 0 Å². The summed E-state index contributed by atoms with van der Waals surface area (Å²) in [7, 11) is -3.17. The van der Waals surface area contributed by atoms with Crippen LogP contribution in [0.3, 0.4) is 0 Å².